The van der Waals surface area contributed by atoms with Crippen molar-refractivity contribution in [1.82, 2.24) is 5.32 Å². The molecule has 2 atom stereocenters. The van der Waals surface area contributed by atoms with Gasteiger partial charge in [-0.1, -0.05) is 13.8 Å². The molecule has 14 heavy (non-hydrogen) atoms. The molecule has 2 heteroatoms. The number of hydrogen-bond acceptors (Lipinski definition) is 2. The fourth-order valence-electron chi connectivity index (χ4n) is 2.25. The van der Waals surface area contributed by atoms with E-state index >= 15 is 0 Å². The van der Waals surface area contributed by atoms with Crippen LogP contribution in [-0.2, 0) is 4.74 Å². The van der Waals surface area contributed by atoms with Crippen molar-refractivity contribution in [3.05, 3.63) is 0 Å². The molecule has 1 aliphatic heterocycles. The Morgan fingerprint density at radius 3 is 2.71 bits per heavy atom. The maximum Gasteiger partial charge on any atom is 0.0576 e. The minimum Gasteiger partial charge on any atom is -0.378 e. The van der Waals surface area contributed by atoms with Gasteiger partial charge >= 0.3 is 0 Å². The summed E-state index contributed by atoms with van der Waals surface area (Å²) in [6.07, 6.45) is 6.96. The van der Waals surface area contributed by atoms with E-state index in [1.54, 1.807) is 0 Å². The Balaban J connectivity index is 2.06. The Hall–Kier alpha value is -0.0800. The number of nitrogens with one attached hydrogen (secondary N) is 1. The van der Waals surface area contributed by atoms with Crippen LogP contribution < -0.4 is 5.32 Å². The van der Waals surface area contributed by atoms with Crippen LogP contribution in [0.3, 0.4) is 0 Å². The minimum absolute atomic E-state index is 0.569. The van der Waals surface area contributed by atoms with Gasteiger partial charge in [0.05, 0.1) is 6.10 Å². The second-order valence-corrected chi connectivity index (χ2v) is 4.71. The normalized spacial score (nSPS) is 24.4. The summed E-state index contributed by atoms with van der Waals surface area (Å²) in [5.41, 5.74) is 0. The lowest BCUT2D eigenvalue weighted by Gasteiger charge is -2.20. The average molecular weight is 199 g/mol. The zero-order chi connectivity index (χ0) is 10.4. The summed E-state index contributed by atoms with van der Waals surface area (Å²) < 4.78 is 5.61. The Bertz CT molecular complexity index is 141. The molecule has 0 aromatic carbocycles. The Morgan fingerprint density at radius 2 is 2.21 bits per heavy atom. The lowest BCUT2D eigenvalue weighted by molar-refractivity contribution is 0.101. The highest BCUT2D eigenvalue weighted by molar-refractivity contribution is 4.71. The van der Waals surface area contributed by atoms with Gasteiger partial charge in [-0.2, -0.15) is 0 Å². The van der Waals surface area contributed by atoms with E-state index in [4.69, 9.17) is 4.74 Å². The Kier molecular flexibility index (Phi) is 5.49. The first kappa shape index (κ1) is 12.0. The number of hydrogen-bond donors (Lipinski definition) is 1. The van der Waals surface area contributed by atoms with Gasteiger partial charge in [-0.15, -0.1) is 0 Å². The third-order valence-electron chi connectivity index (χ3n) is 3.24. The van der Waals surface area contributed by atoms with Crippen molar-refractivity contribution in [2.75, 3.05) is 13.7 Å². The highest BCUT2D eigenvalue weighted by Gasteiger charge is 2.16. The Labute approximate surface area is 88.4 Å². The molecule has 0 saturated carbocycles. The van der Waals surface area contributed by atoms with Crippen molar-refractivity contribution in [2.45, 2.75) is 58.1 Å². The molecule has 0 radical (unpaired) electrons. The monoisotopic (exact) mass is 199 g/mol. The molecule has 0 amide bonds. The van der Waals surface area contributed by atoms with Crippen LogP contribution in [0.5, 0.6) is 0 Å². The van der Waals surface area contributed by atoms with Gasteiger partial charge in [0.15, 0.2) is 0 Å². The molecule has 1 rings (SSSR count). The second kappa shape index (κ2) is 6.41. The van der Waals surface area contributed by atoms with Crippen LogP contribution in [0.2, 0.25) is 0 Å². The Morgan fingerprint density at radius 1 is 1.43 bits per heavy atom. The van der Waals surface area contributed by atoms with Gasteiger partial charge in [0, 0.05) is 12.6 Å². The van der Waals surface area contributed by atoms with Crippen molar-refractivity contribution in [3.8, 4) is 0 Å². The molecule has 0 bridgehead atoms. The van der Waals surface area contributed by atoms with Crippen molar-refractivity contribution in [3.63, 3.8) is 0 Å². The predicted octanol–water partition coefficient (Wildman–Crippen LogP) is 2.58. The topological polar surface area (TPSA) is 21.3 Å². The van der Waals surface area contributed by atoms with Gasteiger partial charge in [0.2, 0.25) is 0 Å². The zero-order valence-electron chi connectivity index (χ0n) is 9.88. The average Bonchev–Trinajstić information content (AvgIpc) is 2.64. The molecular weight excluding hydrogens is 174 g/mol. The molecule has 1 heterocycles. The quantitative estimate of drug-likeness (QED) is 0.710. The summed E-state index contributed by atoms with van der Waals surface area (Å²) in [6.45, 7) is 5.56. The van der Waals surface area contributed by atoms with Gasteiger partial charge in [-0.05, 0) is 45.1 Å². The fraction of sp³-hybridized carbons (Fsp3) is 1.00. The molecule has 0 spiro atoms. The summed E-state index contributed by atoms with van der Waals surface area (Å²) in [5.74, 6) is 0.740. The molecule has 1 saturated heterocycles. The third kappa shape index (κ3) is 3.97. The van der Waals surface area contributed by atoms with Gasteiger partial charge in [0.1, 0.15) is 0 Å². The van der Waals surface area contributed by atoms with E-state index in [1.807, 2.05) is 0 Å². The van der Waals surface area contributed by atoms with Gasteiger partial charge in [-0.3, -0.25) is 0 Å². The van der Waals surface area contributed by atoms with Crippen LogP contribution >= 0.6 is 0 Å². The first-order chi connectivity index (χ1) is 6.74. The van der Waals surface area contributed by atoms with Crippen molar-refractivity contribution in [1.29, 1.82) is 0 Å². The second-order valence-electron chi connectivity index (χ2n) is 4.71. The van der Waals surface area contributed by atoms with Crippen LogP contribution in [-0.4, -0.2) is 25.8 Å². The van der Waals surface area contributed by atoms with Gasteiger partial charge in [0.25, 0.3) is 0 Å². The van der Waals surface area contributed by atoms with Crippen LogP contribution in [0.25, 0.3) is 0 Å². The first-order valence-corrected chi connectivity index (χ1v) is 6.03. The van der Waals surface area contributed by atoms with Gasteiger partial charge < -0.3 is 10.1 Å². The van der Waals surface area contributed by atoms with Gasteiger partial charge in [-0.25, -0.2) is 0 Å². The van der Waals surface area contributed by atoms with Crippen LogP contribution in [0, 0.1) is 5.92 Å². The van der Waals surface area contributed by atoms with Crippen LogP contribution in [0.15, 0.2) is 0 Å². The lowest BCUT2D eigenvalue weighted by Crippen LogP contribution is -2.30. The van der Waals surface area contributed by atoms with Crippen LogP contribution in [0.4, 0.5) is 0 Å². The minimum atomic E-state index is 0.569. The molecule has 1 fully saturated rings. The molecule has 0 aliphatic carbocycles. The maximum atomic E-state index is 5.61. The first-order valence-electron chi connectivity index (χ1n) is 6.03. The van der Waals surface area contributed by atoms with E-state index < -0.39 is 0 Å². The number of rotatable bonds is 6. The highest BCUT2D eigenvalue weighted by atomic mass is 16.5. The van der Waals surface area contributed by atoms with Crippen molar-refractivity contribution < 1.29 is 4.74 Å². The molecule has 1 aliphatic rings. The molecule has 84 valence electrons. The third-order valence-corrected chi connectivity index (χ3v) is 3.24. The maximum absolute atomic E-state index is 5.61. The number of ether oxygens (including phenoxy) is 1. The fourth-order valence-corrected chi connectivity index (χ4v) is 2.25. The SMILES string of the molecule is CNC(CCCC1CCCO1)C(C)C. The molecular formula is C12H25NO. The molecule has 2 unspecified atom stereocenters. The summed E-state index contributed by atoms with van der Waals surface area (Å²) in [4.78, 5) is 0. The van der Waals surface area contributed by atoms with Crippen LogP contribution in [0.1, 0.15) is 46.0 Å². The standard InChI is InChI=1S/C12H25NO/c1-10(2)12(13-3)8-4-6-11-7-5-9-14-11/h10-13H,4-9H2,1-3H3. The van der Waals surface area contributed by atoms with E-state index in [-0.39, 0.29) is 0 Å². The summed E-state index contributed by atoms with van der Waals surface area (Å²) >= 11 is 0. The van der Waals surface area contributed by atoms with E-state index in [2.05, 4.69) is 26.2 Å². The summed E-state index contributed by atoms with van der Waals surface area (Å²) in [5, 5.41) is 3.39. The molecule has 0 aromatic rings. The van der Waals surface area contributed by atoms with Crippen molar-refractivity contribution >= 4 is 0 Å². The van der Waals surface area contributed by atoms with E-state index in [1.165, 1.54) is 32.1 Å². The molecule has 1 N–H and O–H groups in total. The smallest absolute Gasteiger partial charge is 0.0576 e. The lowest BCUT2D eigenvalue weighted by atomic mass is 9.97. The predicted molar refractivity (Wildman–Crippen MR) is 60.5 cm³/mol. The van der Waals surface area contributed by atoms with E-state index in [0.29, 0.717) is 12.1 Å². The van der Waals surface area contributed by atoms with E-state index in [9.17, 15) is 0 Å². The summed E-state index contributed by atoms with van der Waals surface area (Å²) in [7, 11) is 2.07. The van der Waals surface area contributed by atoms with E-state index in [0.717, 1.165) is 12.5 Å². The molecule has 2 nitrogen and oxygen atoms in total. The highest BCUT2D eigenvalue weighted by Crippen LogP contribution is 2.19. The molecule has 0 aromatic heterocycles. The van der Waals surface area contributed by atoms with Crippen molar-refractivity contribution in [2.24, 2.45) is 5.92 Å². The summed E-state index contributed by atoms with van der Waals surface area (Å²) in [6, 6.07) is 0.677. The zero-order valence-corrected chi connectivity index (χ0v) is 9.88. The largest absolute Gasteiger partial charge is 0.378 e.